The van der Waals surface area contributed by atoms with Crippen molar-refractivity contribution in [1.82, 2.24) is 4.90 Å². The van der Waals surface area contributed by atoms with E-state index in [1.165, 1.54) is 0 Å². The van der Waals surface area contributed by atoms with E-state index in [1.54, 1.807) is 11.8 Å². The lowest BCUT2D eigenvalue weighted by Gasteiger charge is -2.20. The molecule has 1 aromatic carbocycles. The van der Waals surface area contributed by atoms with Crippen LogP contribution in [-0.4, -0.2) is 24.4 Å². The summed E-state index contributed by atoms with van der Waals surface area (Å²) in [5.41, 5.74) is 2.51. The standard InChI is InChI=1S/C15H24N2O/c1-12(18)17(5)10-13-7-6-8-14(9-13)16-11-15(2,3)4/h6-9,16H,10-11H2,1-5H3. The van der Waals surface area contributed by atoms with Crippen LogP contribution in [0.25, 0.3) is 0 Å². The van der Waals surface area contributed by atoms with Gasteiger partial charge in [-0.25, -0.2) is 0 Å². The van der Waals surface area contributed by atoms with Crippen LogP contribution in [0.15, 0.2) is 24.3 Å². The third-order valence-electron chi connectivity index (χ3n) is 2.71. The number of nitrogens with one attached hydrogen (secondary N) is 1. The van der Waals surface area contributed by atoms with Crippen molar-refractivity contribution < 1.29 is 4.79 Å². The number of anilines is 1. The van der Waals surface area contributed by atoms with Gasteiger partial charge in [-0.1, -0.05) is 32.9 Å². The number of rotatable bonds is 4. The van der Waals surface area contributed by atoms with Gasteiger partial charge in [0.25, 0.3) is 0 Å². The first-order valence-electron chi connectivity index (χ1n) is 6.32. The molecule has 3 heteroatoms. The third-order valence-corrected chi connectivity index (χ3v) is 2.71. The first kappa shape index (κ1) is 14.6. The Labute approximate surface area is 110 Å². The molecule has 1 rings (SSSR count). The zero-order valence-electron chi connectivity index (χ0n) is 12.1. The Morgan fingerprint density at radius 2 is 2.00 bits per heavy atom. The summed E-state index contributed by atoms with van der Waals surface area (Å²) < 4.78 is 0. The molecule has 0 aliphatic rings. The lowest BCUT2D eigenvalue weighted by molar-refractivity contribution is -0.128. The van der Waals surface area contributed by atoms with Crippen LogP contribution in [0, 0.1) is 5.41 Å². The maximum atomic E-state index is 11.2. The van der Waals surface area contributed by atoms with Crippen molar-refractivity contribution in [3.05, 3.63) is 29.8 Å². The molecule has 0 radical (unpaired) electrons. The minimum Gasteiger partial charge on any atom is -0.385 e. The highest BCUT2D eigenvalue weighted by molar-refractivity contribution is 5.72. The molecule has 0 unspecified atom stereocenters. The minimum atomic E-state index is 0.0862. The second-order valence-corrected chi connectivity index (χ2v) is 5.99. The molecule has 0 bridgehead atoms. The number of hydrogen-bond donors (Lipinski definition) is 1. The van der Waals surface area contributed by atoms with E-state index in [4.69, 9.17) is 0 Å². The molecule has 100 valence electrons. The van der Waals surface area contributed by atoms with E-state index >= 15 is 0 Å². The van der Waals surface area contributed by atoms with E-state index in [0.29, 0.717) is 6.54 Å². The van der Waals surface area contributed by atoms with E-state index in [9.17, 15) is 4.79 Å². The number of nitrogens with zero attached hydrogens (tertiary/aromatic N) is 1. The smallest absolute Gasteiger partial charge is 0.219 e. The molecule has 1 amide bonds. The molecule has 3 nitrogen and oxygen atoms in total. The molecule has 0 aliphatic carbocycles. The van der Waals surface area contributed by atoms with Gasteiger partial charge >= 0.3 is 0 Å². The van der Waals surface area contributed by atoms with Crippen LogP contribution < -0.4 is 5.32 Å². The SMILES string of the molecule is CC(=O)N(C)Cc1cccc(NCC(C)(C)C)c1. The molecule has 1 N–H and O–H groups in total. The van der Waals surface area contributed by atoms with Crippen molar-refractivity contribution in [2.24, 2.45) is 5.41 Å². The first-order chi connectivity index (χ1) is 8.28. The van der Waals surface area contributed by atoms with Crippen LogP contribution in [0.3, 0.4) is 0 Å². The lowest BCUT2D eigenvalue weighted by Crippen LogP contribution is -2.23. The molecule has 0 spiro atoms. The molecular formula is C15H24N2O. The second kappa shape index (κ2) is 5.89. The van der Waals surface area contributed by atoms with E-state index in [0.717, 1.165) is 17.8 Å². The fourth-order valence-corrected chi connectivity index (χ4v) is 1.53. The van der Waals surface area contributed by atoms with Crippen LogP contribution in [0.5, 0.6) is 0 Å². The molecule has 0 aliphatic heterocycles. The first-order valence-corrected chi connectivity index (χ1v) is 6.32. The average molecular weight is 248 g/mol. The Morgan fingerprint density at radius 3 is 2.56 bits per heavy atom. The van der Waals surface area contributed by atoms with Crippen LogP contribution in [0.1, 0.15) is 33.3 Å². The van der Waals surface area contributed by atoms with E-state index < -0.39 is 0 Å². The lowest BCUT2D eigenvalue weighted by atomic mass is 9.97. The zero-order valence-corrected chi connectivity index (χ0v) is 12.1. The Balaban J connectivity index is 2.65. The molecule has 0 atom stereocenters. The van der Waals surface area contributed by atoms with Crippen LogP contribution in [-0.2, 0) is 11.3 Å². The highest BCUT2D eigenvalue weighted by Gasteiger charge is 2.09. The molecule has 0 aromatic heterocycles. The highest BCUT2D eigenvalue weighted by Crippen LogP contribution is 2.17. The summed E-state index contributed by atoms with van der Waals surface area (Å²) in [6, 6.07) is 8.23. The number of benzene rings is 1. The minimum absolute atomic E-state index is 0.0862. The molecular weight excluding hydrogens is 224 g/mol. The van der Waals surface area contributed by atoms with Gasteiger partial charge in [0.05, 0.1) is 0 Å². The normalized spacial score (nSPS) is 11.2. The highest BCUT2D eigenvalue weighted by atomic mass is 16.2. The molecule has 1 aromatic rings. The molecule has 0 heterocycles. The molecule has 0 saturated carbocycles. The van der Waals surface area contributed by atoms with Crippen molar-refractivity contribution >= 4 is 11.6 Å². The summed E-state index contributed by atoms with van der Waals surface area (Å²) >= 11 is 0. The zero-order chi connectivity index (χ0) is 13.8. The number of amides is 1. The number of carbonyl (C=O) groups excluding carboxylic acids is 1. The topological polar surface area (TPSA) is 32.3 Å². The van der Waals surface area contributed by atoms with Crippen molar-refractivity contribution in [1.29, 1.82) is 0 Å². The van der Waals surface area contributed by atoms with Gasteiger partial charge in [-0.3, -0.25) is 4.79 Å². The molecule has 18 heavy (non-hydrogen) atoms. The Hall–Kier alpha value is -1.51. The van der Waals surface area contributed by atoms with Gasteiger partial charge in [0.15, 0.2) is 0 Å². The summed E-state index contributed by atoms with van der Waals surface area (Å²) in [5.74, 6) is 0.0862. The molecule has 0 fully saturated rings. The number of hydrogen-bond acceptors (Lipinski definition) is 2. The van der Waals surface area contributed by atoms with Crippen LogP contribution in [0.4, 0.5) is 5.69 Å². The van der Waals surface area contributed by atoms with Gasteiger partial charge in [-0.15, -0.1) is 0 Å². The third kappa shape index (κ3) is 5.21. The quantitative estimate of drug-likeness (QED) is 0.888. The Kier molecular flexibility index (Phi) is 4.76. The van der Waals surface area contributed by atoms with Crippen LogP contribution in [0.2, 0.25) is 0 Å². The predicted molar refractivity (Wildman–Crippen MR) is 76.5 cm³/mol. The van der Waals surface area contributed by atoms with Gasteiger partial charge in [0.1, 0.15) is 0 Å². The summed E-state index contributed by atoms with van der Waals surface area (Å²) in [6.45, 7) is 9.77. The summed E-state index contributed by atoms with van der Waals surface area (Å²) in [6.07, 6.45) is 0. The average Bonchev–Trinajstić information content (AvgIpc) is 2.26. The largest absolute Gasteiger partial charge is 0.385 e. The van der Waals surface area contributed by atoms with Crippen molar-refractivity contribution in [3.63, 3.8) is 0 Å². The predicted octanol–water partition coefficient (Wildman–Crippen LogP) is 3.12. The van der Waals surface area contributed by atoms with Crippen molar-refractivity contribution in [2.45, 2.75) is 34.2 Å². The van der Waals surface area contributed by atoms with Gasteiger partial charge in [-0.05, 0) is 23.1 Å². The van der Waals surface area contributed by atoms with E-state index in [2.05, 4.69) is 38.2 Å². The van der Waals surface area contributed by atoms with Gasteiger partial charge in [0, 0.05) is 32.7 Å². The summed E-state index contributed by atoms with van der Waals surface area (Å²) in [7, 11) is 1.82. The van der Waals surface area contributed by atoms with Crippen molar-refractivity contribution in [2.75, 3.05) is 18.9 Å². The van der Waals surface area contributed by atoms with Crippen molar-refractivity contribution in [3.8, 4) is 0 Å². The summed E-state index contributed by atoms with van der Waals surface area (Å²) in [4.78, 5) is 12.9. The van der Waals surface area contributed by atoms with E-state index in [-0.39, 0.29) is 11.3 Å². The van der Waals surface area contributed by atoms with Gasteiger partial charge in [-0.2, -0.15) is 0 Å². The van der Waals surface area contributed by atoms with Gasteiger partial charge in [0.2, 0.25) is 5.91 Å². The second-order valence-electron chi connectivity index (χ2n) is 5.99. The number of carbonyl (C=O) groups is 1. The fourth-order valence-electron chi connectivity index (χ4n) is 1.53. The fraction of sp³-hybridized carbons (Fsp3) is 0.533. The van der Waals surface area contributed by atoms with Gasteiger partial charge < -0.3 is 10.2 Å². The van der Waals surface area contributed by atoms with E-state index in [1.807, 2.05) is 19.2 Å². The Morgan fingerprint density at radius 1 is 1.33 bits per heavy atom. The molecule has 0 saturated heterocycles. The maximum absolute atomic E-state index is 11.2. The maximum Gasteiger partial charge on any atom is 0.219 e. The Bertz CT molecular complexity index is 407. The summed E-state index contributed by atoms with van der Waals surface area (Å²) in [5, 5.41) is 3.42. The monoisotopic (exact) mass is 248 g/mol. The van der Waals surface area contributed by atoms with Crippen LogP contribution >= 0.6 is 0 Å².